The van der Waals surface area contributed by atoms with Crippen molar-refractivity contribution in [1.29, 1.82) is 0 Å². The van der Waals surface area contributed by atoms with Gasteiger partial charge in [0.15, 0.2) is 0 Å². The molecule has 1 nitrogen and oxygen atoms in total. The van der Waals surface area contributed by atoms with Crippen LogP contribution in [0.4, 0.5) is 13.2 Å². The summed E-state index contributed by atoms with van der Waals surface area (Å²) in [4.78, 5) is 0. The van der Waals surface area contributed by atoms with E-state index in [1.165, 1.54) is 7.11 Å². The smallest absolute Gasteiger partial charge is 0.384 e. The first-order chi connectivity index (χ1) is 3.98. The summed E-state index contributed by atoms with van der Waals surface area (Å²) >= 11 is 0. The van der Waals surface area contributed by atoms with Crippen molar-refractivity contribution in [2.75, 3.05) is 13.7 Å². The topological polar surface area (TPSA) is 9.23 Å². The van der Waals surface area contributed by atoms with E-state index in [-0.39, 0.29) is 6.61 Å². The van der Waals surface area contributed by atoms with Crippen molar-refractivity contribution >= 4 is 0 Å². The van der Waals surface area contributed by atoms with E-state index >= 15 is 0 Å². The zero-order valence-corrected chi connectivity index (χ0v) is 5.33. The van der Waals surface area contributed by atoms with E-state index in [1.807, 2.05) is 0 Å². The Morgan fingerprint density at radius 1 is 1.44 bits per heavy atom. The fourth-order valence-electron chi connectivity index (χ4n) is 0.344. The second kappa shape index (κ2) is 3.06. The lowest BCUT2D eigenvalue weighted by molar-refractivity contribution is -0.180. The first-order valence-electron chi connectivity index (χ1n) is 2.54. The van der Waals surface area contributed by atoms with Crippen molar-refractivity contribution in [1.82, 2.24) is 0 Å². The second-order valence-corrected chi connectivity index (χ2v) is 1.90. The number of methoxy groups -OCH3 is 1. The Labute approximate surface area is 51.8 Å². The molecule has 0 aliphatic heterocycles. The van der Waals surface area contributed by atoms with Gasteiger partial charge in [-0.25, -0.2) is 0 Å². The summed E-state index contributed by atoms with van der Waals surface area (Å²) in [5.41, 5.74) is 0. The zero-order valence-electron chi connectivity index (χ0n) is 5.33. The normalized spacial score (nSPS) is 15.7. The van der Waals surface area contributed by atoms with Gasteiger partial charge in [0.25, 0.3) is 0 Å². The van der Waals surface area contributed by atoms with E-state index in [2.05, 4.69) is 4.74 Å². The number of hydrogen-bond acceptors (Lipinski definition) is 1. The number of halogens is 3. The quantitative estimate of drug-likeness (QED) is 0.571. The molecule has 0 aromatic carbocycles. The summed E-state index contributed by atoms with van der Waals surface area (Å²) in [6.45, 7) is 0.826. The Kier molecular flexibility index (Phi) is 2.97. The molecule has 0 unspecified atom stereocenters. The van der Waals surface area contributed by atoms with Crippen molar-refractivity contribution in [2.45, 2.75) is 13.1 Å². The fraction of sp³-hybridized carbons (Fsp3) is 1.00. The average molecular weight is 142 g/mol. The van der Waals surface area contributed by atoms with E-state index in [4.69, 9.17) is 0 Å². The number of ether oxygens (including phenoxy) is 1. The highest BCUT2D eigenvalue weighted by Gasteiger charge is 2.35. The van der Waals surface area contributed by atoms with Crippen LogP contribution in [0.25, 0.3) is 0 Å². The van der Waals surface area contributed by atoms with Gasteiger partial charge in [-0.2, -0.15) is 13.2 Å². The highest BCUT2D eigenvalue weighted by atomic mass is 19.4. The lowest BCUT2D eigenvalue weighted by atomic mass is 10.2. The molecular formula is C5H9F3O. The second-order valence-electron chi connectivity index (χ2n) is 1.90. The van der Waals surface area contributed by atoms with Crippen LogP contribution in [0, 0.1) is 5.92 Å². The van der Waals surface area contributed by atoms with Crippen molar-refractivity contribution in [2.24, 2.45) is 5.92 Å². The van der Waals surface area contributed by atoms with E-state index in [1.54, 1.807) is 0 Å². The van der Waals surface area contributed by atoms with Crippen LogP contribution in [0.5, 0.6) is 0 Å². The van der Waals surface area contributed by atoms with Crippen molar-refractivity contribution in [3.8, 4) is 0 Å². The summed E-state index contributed by atoms with van der Waals surface area (Å²) in [7, 11) is 1.25. The molecule has 0 heterocycles. The fourth-order valence-corrected chi connectivity index (χ4v) is 0.344. The van der Waals surface area contributed by atoms with Crippen LogP contribution < -0.4 is 0 Å². The van der Waals surface area contributed by atoms with Gasteiger partial charge < -0.3 is 4.74 Å². The van der Waals surface area contributed by atoms with Gasteiger partial charge in [0.2, 0.25) is 0 Å². The van der Waals surface area contributed by atoms with Crippen LogP contribution in [-0.4, -0.2) is 19.9 Å². The molecule has 0 amide bonds. The number of hydrogen-bond donors (Lipinski definition) is 0. The maximum Gasteiger partial charge on any atom is 0.393 e. The van der Waals surface area contributed by atoms with E-state index < -0.39 is 12.1 Å². The van der Waals surface area contributed by atoms with Gasteiger partial charge in [0.05, 0.1) is 12.5 Å². The molecule has 0 fully saturated rings. The van der Waals surface area contributed by atoms with Crippen molar-refractivity contribution in [3.05, 3.63) is 0 Å². The highest BCUT2D eigenvalue weighted by Crippen LogP contribution is 2.25. The Bertz CT molecular complexity index is 78.8. The first kappa shape index (κ1) is 8.75. The maximum absolute atomic E-state index is 11.6. The van der Waals surface area contributed by atoms with Crippen LogP contribution in [-0.2, 0) is 4.74 Å². The lowest BCUT2D eigenvalue weighted by Crippen LogP contribution is -2.23. The van der Waals surface area contributed by atoms with Gasteiger partial charge in [-0.15, -0.1) is 0 Å². The molecule has 56 valence electrons. The largest absolute Gasteiger partial charge is 0.393 e. The third-order valence-corrected chi connectivity index (χ3v) is 0.975. The molecule has 0 spiro atoms. The third-order valence-electron chi connectivity index (χ3n) is 0.975. The molecule has 0 saturated heterocycles. The third kappa shape index (κ3) is 3.35. The van der Waals surface area contributed by atoms with Gasteiger partial charge in [-0.3, -0.25) is 0 Å². The molecule has 0 saturated carbocycles. The molecule has 0 radical (unpaired) electrons. The predicted octanol–water partition coefficient (Wildman–Crippen LogP) is 1.83. The molecule has 0 aliphatic carbocycles. The first-order valence-corrected chi connectivity index (χ1v) is 2.54. The summed E-state index contributed by atoms with van der Waals surface area (Å²) < 4.78 is 39.0. The van der Waals surface area contributed by atoms with Gasteiger partial charge in [0.1, 0.15) is 0 Å². The van der Waals surface area contributed by atoms with Crippen molar-refractivity contribution in [3.63, 3.8) is 0 Å². The molecule has 0 bridgehead atoms. The maximum atomic E-state index is 11.6. The average Bonchev–Trinajstić information content (AvgIpc) is 1.64. The Morgan fingerprint density at radius 2 is 1.89 bits per heavy atom. The van der Waals surface area contributed by atoms with Gasteiger partial charge in [-0.05, 0) is 0 Å². The lowest BCUT2D eigenvalue weighted by Gasteiger charge is -2.13. The SMILES string of the molecule is COC[C@@H](C)C(F)(F)F. The molecule has 0 aromatic heterocycles. The molecule has 0 rings (SSSR count). The number of rotatable bonds is 2. The Morgan fingerprint density at radius 3 is 2.00 bits per heavy atom. The van der Waals surface area contributed by atoms with Gasteiger partial charge >= 0.3 is 6.18 Å². The van der Waals surface area contributed by atoms with Gasteiger partial charge in [-0.1, -0.05) is 6.92 Å². The van der Waals surface area contributed by atoms with Crippen LogP contribution >= 0.6 is 0 Å². The predicted molar refractivity (Wildman–Crippen MR) is 27.1 cm³/mol. The minimum absolute atomic E-state index is 0.260. The molecular weight excluding hydrogens is 133 g/mol. The Hall–Kier alpha value is -0.250. The monoisotopic (exact) mass is 142 g/mol. The molecule has 0 N–H and O–H groups in total. The minimum atomic E-state index is -4.12. The standard InChI is InChI=1S/C5H9F3O/c1-4(3-9-2)5(6,7)8/h4H,3H2,1-2H3/t4-/m1/s1. The van der Waals surface area contributed by atoms with Crippen LogP contribution in [0.15, 0.2) is 0 Å². The molecule has 0 aliphatic rings. The summed E-state index contributed by atoms with van der Waals surface area (Å²) in [5, 5.41) is 0. The van der Waals surface area contributed by atoms with Crippen molar-refractivity contribution < 1.29 is 17.9 Å². The summed E-state index contributed by atoms with van der Waals surface area (Å²) in [5.74, 6) is -1.36. The van der Waals surface area contributed by atoms with Gasteiger partial charge in [0, 0.05) is 7.11 Å². The van der Waals surface area contributed by atoms with E-state index in [0.717, 1.165) is 6.92 Å². The minimum Gasteiger partial charge on any atom is -0.384 e. The number of alkyl halides is 3. The van der Waals surface area contributed by atoms with E-state index in [0.29, 0.717) is 0 Å². The molecule has 1 atom stereocenters. The molecule has 9 heavy (non-hydrogen) atoms. The van der Waals surface area contributed by atoms with Crippen LogP contribution in [0.3, 0.4) is 0 Å². The molecule has 0 aromatic rings. The highest BCUT2D eigenvalue weighted by molar-refractivity contribution is 4.59. The van der Waals surface area contributed by atoms with E-state index in [9.17, 15) is 13.2 Å². The van der Waals surface area contributed by atoms with Crippen LogP contribution in [0.1, 0.15) is 6.92 Å². The van der Waals surface area contributed by atoms with Crippen LogP contribution in [0.2, 0.25) is 0 Å². The summed E-state index contributed by atoms with van der Waals surface area (Å²) in [6.07, 6.45) is -4.12. The summed E-state index contributed by atoms with van der Waals surface area (Å²) in [6, 6.07) is 0. The molecule has 4 heteroatoms. The zero-order chi connectivity index (χ0) is 7.49. The Balaban J connectivity index is 3.59.